The third-order valence-electron chi connectivity index (χ3n) is 13.5. The summed E-state index contributed by atoms with van der Waals surface area (Å²) in [5.41, 5.74) is 12.1. The van der Waals surface area contributed by atoms with Gasteiger partial charge in [-0.2, -0.15) is 0 Å². The lowest BCUT2D eigenvalue weighted by atomic mass is 9.79. The first kappa shape index (κ1) is 37.8. The van der Waals surface area contributed by atoms with Crippen molar-refractivity contribution in [1.29, 1.82) is 0 Å². The molecule has 0 aliphatic heterocycles. The van der Waals surface area contributed by atoms with Gasteiger partial charge >= 0.3 is 0 Å². The summed E-state index contributed by atoms with van der Waals surface area (Å²) in [6.07, 6.45) is 1.69. The molecule has 0 saturated heterocycles. The molecule has 0 atom stereocenters. The van der Waals surface area contributed by atoms with Crippen molar-refractivity contribution in [3.05, 3.63) is 192 Å². The number of rotatable bonds is 9. The number of aromatic nitrogens is 3. The van der Waals surface area contributed by atoms with Crippen LogP contribution in [0.5, 0.6) is 5.75 Å². The highest BCUT2D eigenvalue weighted by atomic mass is 16.3. The van der Waals surface area contributed by atoms with E-state index >= 15 is 0 Å². The van der Waals surface area contributed by atoms with Gasteiger partial charge in [-0.15, -0.1) is 0 Å². The highest BCUT2D eigenvalue weighted by Gasteiger charge is 2.29. The maximum atomic E-state index is 12.6. The lowest BCUT2D eigenvalue weighted by Crippen LogP contribution is -2.14. The van der Waals surface area contributed by atoms with Gasteiger partial charge < -0.3 is 5.11 Å². The number of hydrogen-bond acceptors (Lipinski definition) is 3. The molecule has 9 aromatic rings. The van der Waals surface area contributed by atoms with E-state index in [-0.39, 0.29) is 34.0 Å². The Hall–Kier alpha value is -7.04. The molecule has 354 valence electrons. The highest BCUT2D eigenvalue weighted by molar-refractivity contribution is 5.98. The quantitative estimate of drug-likeness (QED) is 0.157. The molecule has 4 nitrogen and oxygen atoms in total. The minimum atomic E-state index is -3.37. The third kappa shape index (κ3) is 9.37. The lowest BCUT2D eigenvalue weighted by Gasteiger charge is -2.27. The summed E-state index contributed by atoms with van der Waals surface area (Å²) in [5.74, 6) is 0.979. The van der Waals surface area contributed by atoms with Crippen LogP contribution in [0.2, 0.25) is 0 Å². The van der Waals surface area contributed by atoms with Gasteiger partial charge in [-0.05, 0) is 138 Å². The second kappa shape index (κ2) is 18.4. The van der Waals surface area contributed by atoms with Crippen molar-refractivity contribution in [3.63, 3.8) is 0 Å². The van der Waals surface area contributed by atoms with Crippen LogP contribution in [0.15, 0.2) is 164 Å². The molecule has 2 aromatic heterocycles. The zero-order valence-corrected chi connectivity index (χ0v) is 42.0. The summed E-state index contributed by atoms with van der Waals surface area (Å²) in [4.78, 5) is 10.6. The maximum Gasteiger partial charge on any atom is 0.149 e. The number of pyridine rings is 1. The molecule has 0 amide bonds. The van der Waals surface area contributed by atoms with Crippen LogP contribution in [0.3, 0.4) is 0 Å². The molecular formula is C66H69N3O. The molecule has 0 bridgehead atoms. The van der Waals surface area contributed by atoms with Gasteiger partial charge in [0.2, 0.25) is 0 Å². The second-order valence-electron chi connectivity index (χ2n) is 21.5. The molecule has 0 fully saturated rings. The van der Waals surface area contributed by atoms with Crippen LogP contribution in [-0.2, 0) is 16.2 Å². The van der Waals surface area contributed by atoms with Crippen molar-refractivity contribution in [2.75, 3.05) is 0 Å². The third-order valence-corrected chi connectivity index (χ3v) is 13.5. The van der Waals surface area contributed by atoms with Crippen molar-refractivity contribution in [2.24, 2.45) is 0 Å². The van der Waals surface area contributed by atoms with Crippen molar-refractivity contribution in [3.8, 4) is 78.6 Å². The molecule has 1 N–H and O–H groups in total. The Labute approximate surface area is 429 Å². The molecule has 0 aliphatic carbocycles. The molecule has 0 spiro atoms. The van der Waals surface area contributed by atoms with Crippen LogP contribution in [-0.4, -0.2) is 19.6 Å². The van der Waals surface area contributed by atoms with Crippen molar-refractivity contribution in [2.45, 2.75) is 118 Å². The van der Waals surface area contributed by atoms with Gasteiger partial charge in [-0.3, -0.25) is 9.55 Å². The number of imidazole rings is 1. The summed E-state index contributed by atoms with van der Waals surface area (Å²) >= 11 is 0. The number of aromatic hydroxyl groups is 1. The number of benzene rings is 7. The summed E-state index contributed by atoms with van der Waals surface area (Å²) in [6.45, 7) is 11.7. The Balaban J connectivity index is 1.31. The summed E-state index contributed by atoms with van der Waals surface area (Å²) in [6, 6.07) is 52.0. The molecule has 7 aromatic carbocycles. The minimum Gasteiger partial charge on any atom is -0.507 e. The smallest absolute Gasteiger partial charge is 0.149 e. The number of nitrogens with zero attached hydrogens (tertiary/aromatic N) is 3. The molecule has 70 heavy (non-hydrogen) atoms. The number of fused-ring (bicyclic) bond motifs is 1. The predicted molar refractivity (Wildman–Crippen MR) is 297 cm³/mol. The van der Waals surface area contributed by atoms with E-state index in [2.05, 4.69) is 183 Å². The van der Waals surface area contributed by atoms with Crippen LogP contribution in [0.1, 0.15) is 142 Å². The van der Waals surface area contributed by atoms with Gasteiger partial charge in [0.25, 0.3) is 0 Å². The first-order chi connectivity index (χ1) is 36.9. The Morgan fingerprint density at radius 2 is 1.16 bits per heavy atom. The molecule has 9 rings (SSSR count). The van der Waals surface area contributed by atoms with Crippen molar-refractivity contribution in [1.82, 2.24) is 14.5 Å². The fourth-order valence-corrected chi connectivity index (χ4v) is 9.52. The fourth-order valence-electron chi connectivity index (χ4n) is 9.52. The van der Waals surface area contributed by atoms with Gasteiger partial charge in [0.15, 0.2) is 0 Å². The van der Waals surface area contributed by atoms with Gasteiger partial charge in [-0.25, -0.2) is 4.98 Å². The zero-order valence-electron chi connectivity index (χ0n) is 51.0. The standard InChI is InChI=1S/C66H69N3O/c1-41(2)47-36-53(42(3)4)62(70)56(37-47)63-68-61-52(48-33-49(35-51(34-48)65(8,9)10)58-38-46(31-32-67-58)43-27-29-50(30-28-43)64(5,6)7)25-20-26-59(61)69(63)60-40-54(44-21-16-14-17-22-44)57(66(11,12)13)39-55(60)45-23-18-15-19-24-45/h14-42,70H,1-13H3/i5D3,6D3,7D3. The molecule has 2 heterocycles. The van der Waals surface area contributed by atoms with Crippen molar-refractivity contribution >= 4 is 11.0 Å². The number of phenolic OH excluding ortho intramolecular Hbond substituents is 1. The second-order valence-corrected chi connectivity index (χ2v) is 21.5. The fraction of sp³-hybridized carbons (Fsp3) is 0.273. The summed E-state index contributed by atoms with van der Waals surface area (Å²) in [7, 11) is 0. The highest BCUT2D eigenvalue weighted by Crippen LogP contribution is 2.47. The topological polar surface area (TPSA) is 50.9 Å². The Bertz CT molecular complexity index is 3670. The lowest BCUT2D eigenvalue weighted by molar-refractivity contribution is 0.466. The van der Waals surface area contributed by atoms with Crippen LogP contribution in [0.25, 0.3) is 83.9 Å². The number of phenols is 1. The Morgan fingerprint density at radius 3 is 1.77 bits per heavy atom. The van der Waals surface area contributed by atoms with Gasteiger partial charge in [0.05, 0.1) is 28.0 Å². The largest absolute Gasteiger partial charge is 0.507 e. The van der Waals surface area contributed by atoms with E-state index in [1.165, 1.54) is 17.7 Å². The molecule has 0 radical (unpaired) electrons. The molecule has 0 unspecified atom stereocenters. The first-order valence-electron chi connectivity index (χ1n) is 28.8. The van der Waals surface area contributed by atoms with E-state index in [0.29, 0.717) is 28.2 Å². The minimum absolute atomic E-state index is 0.0234. The monoisotopic (exact) mass is 929 g/mol. The van der Waals surface area contributed by atoms with Crippen LogP contribution in [0.4, 0.5) is 0 Å². The number of hydrogen-bond donors (Lipinski definition) is 1. The van der Waals surface area contributed by atoms with Crippen LogP contribution >= 0.6 is 0 Å². The molecule has 4 heteroatoms. The summed E-state index contributed by atoms with van der Waals surface area (Å²) in [5, 5.41) is 12.6. The summed E-state index contributed by atoms with van der Waals surface area (Å²) < 4.78 is 76.5. The van der Waals surface area contributed by atoms with Gasteiger partial charge in [0, 0.05) is 35.2 Å². The zero-order chi connectivity index (χ0) is 57.4. The Kier molecular flexibility index (Phi) is 9.92. The van der Waals surface area contributed by atoms with Crippen LogP contribution < -0.4 is 0 Å². The van der Waals surface area contributed by atoms with E-state index in [4.69, 9.17) is 22.3 Å². The first-order valence-corrected chi connectivity index (χ1v) is 24.3. The number of para-hydroxylation sites is 1. The van der Waals surface area contributed by atoms with E-state index < -0.39 is 26.0 Å². The molecule has 0 saturated carbocycles. The molecule has 0 aliphatic rings. The normalized spacial score (nSPS) is 14.8. The Morgan fingerprint density at radius 1 is 0.500 bits per heavy atom. The van der Waals surface area contributed by atoms with E-state index in [1.807, 2.05) is 24.3 Å². The van der Waals surface area contributed by atoms with Crippen molar-refractivity contribution < 1.29 is 17.4 Å². The van der Waals surface area contributed by atoms with E-state index in [1.54, 1.807) is 18.3 Å². The average molecular weight is 929 g/mol. The van der Waals surface area contributed by atoms with E-state index in [9.17, 15) is 5.11 Å². The SMILES string of the molecule is [2H]C([2H])([2H])C(c1ccc(-c2ccnc(-c3cc(-c4cccc5c4nc(-c4cc(C(C)C)cc(C(C)C)c4O)n5-c4cc(-c5ccccc5)c(C(C)(C)C)cc4-c4ccccc4)cc(C(C)(C)C)c3)c2)cc1)(C([2H])([2H])[2H])C([2H])([2H])[2H]. The van der Waals surface area contributed by atoms with E-state index in [0.717, 1.165) is 72.4 Å². The molecular weight excluding hydrogens is 851 g/mol. The average Bonchev–Trinajstić information content (AvgIpc) is 3.83. The maximum absolute atomic E-state index is 12.6. The van der Waals surface area contributed by atoms with Gasteiger partial charge in [-0.1, -0.05) is 199 Å². The van der Waals surface area contributed by atoms with Crippen LogP contribution in [0, 0.1) is 0 Å². The predicted octanol–water partition coefficient (Wildman–Crippen LogP) is 18.3. The van der Waals surface area contributed by atoms with Gasteiger partial charge in [0.1, 0.15) is 11.6 Å².